The monoisotopic (exact) mass is 434 g/mol. The molecule has 1 unspecified atom stereocenters. The van der Waals surface area contributed by atoms with Crippen LogP contribution in [0.2, 0.25) is 0 Å². The molecular weight excluding hydrogens is 404 g/mol. The van der Waals surface area contributed by atoms with E-state index in [0.29, 0.717) is 29.2 Å². The third-order valence-corrected chi connectivity index (χ3v) is 5.16. The fourth-order valence-electron chi connectivity index (χ4n) is 3.18. The summed E-state index contributed by atoms with van der Waals surface area (Å²) < 4.78 is 5.68. The lowest BCUT2D eigenvalue weighted by molar-refractivity contribution is -0.138. The number of carboxylic acid groups (broad SMARTS) is 1. The van der Waals surface area contributed by atoms with Crippen LogP contribution in [0.15, 0.2) is 42.5 Å². The Morgan fingerprint density at radius 2 is 1.77 bits per heavy atom. The van der Waals surface area contributed by atoms with Gasteiger partial charge < -0.3 is 26.6 Å². The SMILES string of the molecule is CCOc1cc(C(Nc2ccc(C(=N)N)cc2)C(=O)O)cc(C(N)(CC)CC)c1.Cl. The number of halogens is 1. The van der Waals surface area contributed by atoms with Gasteiger partial charge in [-0.25, -0.2) is 4.79 Å². The second kappa shape index (κ2) is 10.8. The lowest BCUT2D eigenvalue weighted by Gasteiger charge is -2.29. The van der Waals surface area contributed by atoms with Crippen molar-refractivity contribution in [2.24, 2.45) is 11.5 Å². The number of hydrogen-bond donors (Lipinski definition) is 5. The minimum absolute atomic E-state index is 0. The van der Waals surface area contributed by atoms with Crippen molar-refractivity contribution in [1.82, 2.24) is 0 Å². The number of carboxylic acids is 1. The molecule has 0 bridgehead atoms. The molecule has 0 aliphatic carbocycles. The summed E-state index contributed by atoms with van der Waals surface area (Å²) in [6.45, 7) is 6.38. The van der Waals surface area contributed by atoms with Crippen molar-refractivity contribution in [2.75, 3.05) is 11.9 Å². The number of amidine groups is 1. The quantitative estimate of drug-likeness (QED) is 0.283. The number of rotatable bonds is 10. The number of benzene rings is 2. The van der Waals surface area contributed by atoms with E-state index in [-0.39, 0.29) is 18.2 Å². The summed E-state index contributed by atoms with van der Waals surface area (Å²) in [5.74, 6) is -0.466. The molecule has 7 nitrogen and oxygen atoms in total. The van der Waals surface area contributed by atoms with Crippen LogP contribution < -0.4 is 21.5 Å². The number of nitrogens with two attached hydrogens (primary N) is 2. The molecule has 164 valence electrons. The Balaban J connectivity index is 0.00000450. The molecule has 30 heavy (non-hydrogen) atoms. The lowest BCUT2D eigenvalue weighted by Crippen LogP contribution is -2.35. The van der Waals surface area contributed by atoms with Crippen LogP contribution in [-0.4, -0.2) is 23.5 Å². The molecule has 7 N–H and O–H groups in total. The van der Waals surface area contributed by atoms with Crippen molar-refractivity contribution >= 4 is 29.9 Å². The van der Waals surface area contributed by atoms with Gasteiger partial charge in [0.05, 0.1) is 6.61 Å². The molecule has 0 aromatic heterocycles. The minimum Gasteiger partial charge on any atom is -0.494 e. The standard InChI is InChI=1S/C22H30N4O3.ClH/c1-4-22(25,5-2)16-11-15(12-18(13-16)29-6-3)19(21(27)28)26-17-9-7-14(8-10-17)20(23)24;/h7-13,19,26H,4-6,25H2,1-3H3,(H3,23,24)(H,27,28);1H. The van der Waals surface area contributed by atoms with Gasteiger partial charge in [0.25, 0.3) is 0 Å². The second-order valence-corrected chi connectivity index (χ2v) is 6.99. The third-order valence-electron chi connectivity index (χ3n) is 5.16. The van der Waals surface area contributed by atoms with Gasteiger partial charge in [-0.1, -0.05) is 19.9 Å². The molecule has 0 aliphatic heterocycles. The maximum absolute atomic E-state index is 12.1. The van der Waals surface area contributed by atoms with Gasteiger partial charge in [-0.3, -0.25) is 5.41 Å². The second-order valence-electron chi connectivity index (χ2n) is 6.99. The summed E-state index contributed by atoms with van der Waals surface area (Å²) >= 11 is 0. The number of ether oxygens (including phenoxy) is 1. The first kappa shape index (κ1) is 25.3. The van der Waals surface area contributed by atoms with E-state index in [9.17, 15) is 9.90 Å². The van der Waals surface area contributed by atoms with E-state index in [0.717, 1.165) is 18.4 Å². The summed E-state index contributed by atoms with van der Waals surface area (Å²) in [6.07, 6.45) is 1.44. The van der Waals surface area contributed by atoms with Gasteiger partial charge in [-0.2, -0.15) is 0 Å². The number of aliphatic carboxylic acids is 1. The normalized spacial score (nSPS) is 11.9. The predicted octanol–water partition coefficient (Wildman–Crippen LogP) is 4.00. The van der Waals surface area contributed by atoms with Gasteiger partial charge in [0.15, 0.2) is 6.04 Å². The Hall–Kier alpha value is -2.77. The Bertz CT molecular complexity index is 867. The van der Waals surface area contributed by atoms with Gasteiger partial charge in [0, 0.05) is 16.8 Å². The van der Waals surface area contributed by atoms with E-state index in [1.54, 1.807) is 30.3 Å². The fourth-order valence-corrected chi connectivity index (χ4v) is 3.18. The highest BCUT2D eigenvalue weighted by Gasteiger charge is 2.27. The molecule has 0 aliphatic rings. The van der Waals surface area contributed by atoms with Crippen LogP contribution in [0.5, 0.6) is 5.75 Å². The van der Waals surface area contributed by atoms with E-state index in [4.69, 9.17) is 21.6 Å². The van der Waals surface area contributed by atoms with Crippen molar-refractivity contribution in [3.8, 4) is 5.75 Å². The molecule has 0 saturated carbocycles. The zero-order valence-corrected chi connectivity index (χ0v) is 18.4. The van der Waals surface area contributed by atoms with Crippen molar-refractivity contribution in [1.29, 1.82) is 5.41 Å². The smallest absolute Gasteiger partial charge is 0.330 e. The lowest BCUT2D eigenvalue weighted by atomic mass is 9.84. The first-order valence-electron chi connectivity index (χ1n) is 9.75. The molecule has 0 amide bonds. The maximum Gasteiger partial charge on any atom is 0.330 e. The van der Waals surface area contributed by atoms with Gasteiger partial charge >= 0.3 is 5.97 Å². The van der Waals surface area contributed by atoms with Crippen LogP contribution in [0.1, 0.15) is 56.3 Å². The van der Waals surface area contributed by atoms with Crippen LogP contribution >= 0.6 is 12.4 Å². The summed E-state index contributed by atoms with van der Waals surface area (Å²) in [5.41, 5.74) is 14.1. The van der Waals surface area contributed by atoms with E-state index in [2.05, 4.69) is 5.32 Å². The first-order chi connectivity index (χ1) is 13.7. The Morgan fingerprint density at radius 1 is 1.17 bits per heavy atom. The topological polar surface area (TPSA) is 134 Å². The zero-order valence-electron chi connectivity index (χ0n) is 17.6. The number of nitrogen functional groups attached to an aromatic ring is 1. The van der Waals surface area contributed by atoms with Crippen LogP contribution in [0, 0.1) is 5.41 Å². The average Bonchev–Trinajstić information content (AvgIpc) is 2.71. The van der Waals surface area contributed by atoms with Crippen molar-refractivity contribution in [3.63, 3.8) is 0 Å². The average molecular weight is 435 g/mol. The minimum atomic E-state index is -1.02. The van der Waals surface area contributed by atoms with Crippen LogP contribution in [0.25, 0.3) is 0 Å². The molecular formula is C22H31ClN4O3. The van der Waals surface area contributed by atoms with Gasteiger partial charge in [0.2, 0.25) is 0 Å². The Morgan fingerprint density at radius 3 is 2.23 bits per heavy atom. The molecule has 8 heteroatoms. The van der Waals surface area contributed by atoms with Crippen LogP contribution in [-0.2, 0) is 10.3 Å². The molecule has 2 aromatic carbocycles. The van der Waals surface area contributed by atoms with Gasteiger partial charge in [-0.15, -0.1) is 12.4 Å². The zero-order chi connectivity index (χ0) is 21.6. The van der Waals surface area contributed by atoms with Crippen molar-refractivity contribution in [3.05, 3.63) is 59.2 Å². The molecule has 0 spiro atoms. The Labute approximate surface area is 183 Å². The molecule has 2 aromatic rings. The van der Waals surface area contributed by atoms with Crippen molar-refractivity contribution < 1.29 is 14.6 Å². The summed E-state index contributed by atoms with van der Waals surface area (Å²) in [7, 11) is 0. The van der Waals surface area contributed by atoms with Gasteiger partial charge in [0.1, 0.15) is 11.6 Å². The van der Waals surface area contributed by atoms with Crippen LogP contribution in [0.3, 0.4) is 0 Å². The molecule has 0 radical (unpaired) electrons. The molecule has 0 fully saturated rings. The van der Waals surface area contributed by atoms with Crippen LogP contribution in [0.4, 0.5) is 5.69 Å². The number of anilines is 1. The molecule has 0 heterocycles. The van der Waals surface area contributed by atoms with E-state index < -0.39 is 17.6 Å². The molecule has 0 saturated heterocycles. The summed E-state index contributed by atoms with van der Waals surface area (Å²) in [4.78, 5) is 12.1. The fraction of sp³-hybridized carbons (Fsp3) is 0.364. The van der Waals surface area contributed by atoms with E-state index >= 15 is 0 Å². The number of carbonyl (C=O) groups is 1. The first-order valence-corrected chi connectivity index (χ1v) is 9.75. The summed E-state index contributed by atoms with van der Waals surface area (Å²) in [6, 6.07) is 11.2. The highest BCUT2D eigenvalue weighted by molar-refractivity contribution is 5.95. The third kappa shape index (κ3) is 5.87. The van der Waals surface area contributed by atoms with E-state index in [1.165, 1.54) is 0 Å². The van der Waals surface area contributed by atoms with E-state index in [1.807, 2.05) is 32.9 Å². The highest BCUT2D eigenvalue weighted by Crippen LogP contribution is 2.33. The number of hydrogen-bond acceptors (Lipinski definition) is 5. The largest absolute Gasteiger partial charge is 0.494 e. The van der Waals surface area contributed by atoms with Crippen molar-refractivity contribution in [2.45, 2.75) is 45.2 Å². The van der Waals surface area contributed by atoms with Gasteiger partial charge in [-0.05, 0) is 67.3 Å². The molecule has 1 atom stereocenters. The highest BCUT2D eigenvalue weighted by atomic mass is 35.5. The maximum atomic E-state index is 12.1. The number of nitrogens with one attached hydrogen (secondary N) is 2. The summed E-state index contributed by atoms with van der Waals surface area (Å²) in [5, 5.41) is 20.4. The molecule has 2 rings (SSSR count). The predicted molar refractivity (Wildman–Crippen MR) is 123 cm³/mol. The Kier molecular flexibility index (Phi) is 9.14.